The molecule has 0 aliphatic rings. The van der Waals surface area contributed by atoms with Gasteiger partial charge in [0, 0.05) is 151 Å². The Morgan fingerprint density at radius 2 is 0.900 bits per heavy atom. The van der Waals surface area contributed by atoms with Crippen LogP contribution in [-0.4, -0.2) is 0 Å². The van der Waals surface area contributed by atoms with Crippen LogP contribution in [0, 0.1) is 165 Å². The van der Waals surface area contributed by atoms with Crippen LogP contribution in [0.3, 0.4) is 0 Å². The third kappa shape index (κ3) is 7.70. The summed E-state index contributed by atoms with van der Waals surface area (Å²) in [6, 6.07) is 12.8. The van der Waals surface area contributed by atoms with Crippen molar-refractivity contribution in [1.82, 2.24) is 0 Å². The van der Waals surface area contributed by atoms with Crippen molar-refractivity contribution in [3.63, 3.8) is 0 Å². The van der Waals surface area contributed by atoms with Crippen molar-refractivity contribution in [2.24, 2.45) is 0 Å². The Bertz CT molecular complexity index is 455. The standard InChI is InChI=1S/C14H16P2.4Ar/c1-9-5-3-7-11(15)13(9)14-10(2)6-4-8-12(14)16;;;;/h3-8H,15-16H2,1-2H3;;;;. The fraction of sp³-hybridized carbons (Fsp3) is 0.143. The minimum absolute atomic E-state index is 0. The Morgan fingerprint density at radius 3 is 1.15 bits per heavy atom. The van der Waals surface area contributed by atoms with E-state index < -0.39 is 0 Å². The van der Waals surface area contributed by atoms with Gasteiger partial charge in [0.2, 0.25) is 0 Å². The zero-order valence-electron chi connectivity index (χ0n) is 11.0. The fourth-order valence-electron chi connectivity index (χ4n) is 2.06. The Hall–Kier alpha value is 4.34. The van der Waals surface area contributed by atoms with Crippen molar-refractivity contribution in [3.05, 3.63) is 47.5 Å². The second kappa shape index (κ2) is 14.5. The van der Waals surface area contributed by atoms with E-state index in [1.807, 2.05) is 0 Å². The molecule has 0 fully saturated rings. The monoisotopic (exact) mass is 406 g/mol. The first-order valence-corrected chi connectivity index (χ1v) is 6.47. The Labute approximate surface area is 246 Å². The maximum absolute atomic E-state index is 2.83. The Kier molecular flexibility index (Phi) is 21.1. The van der Waals surface area contributed by atoms with Crippen LogP contribution < -0.4 is 10.6 Å². The summed E-state index contributed by atoms with van der Waals surface area (Å²) in [7, 11) is 5.66. The van der Waals surface area contributed by atoms with Crippen molar-refractivity contribution >= 4 is 29.1 Å². The maximum atomic E-state index is 2.83. The first kappa shape index (κ1) is 29.1. The molecule has 0 radical (unpaired) electrons. The SMILES string of the molecule is Cc1cccc(P)c1-c1c(C)cccc1P.[Ar].[Ar].[Ar].[Ar]. The van der Waals surface area contributed by atoms with E-state index in [0.717, 1.165) is 0 Å². The average Bonchev–Trinajstić information content (AvgIpc) is 2.21. The van der Waals surface area contributed by atoms with Gasteiger partial charge in [-0.1, -0.05) is 36.4 Å². The van der Waals surface area contributed by atoms with Gasteiger partial charge in [0.05, 0.1) is 0 Å². The van der Waals surface area contributed by atoms with Gasteiger partial charge in [-0.3, -0.25) is 0 Å². The zero-order valence-corrected chi connectivity index (χ0v) is 16.2. The first-order chi connectivity index (χ1) is 7.61. The summed E-state index contributed by atoms with van der Waals surface area (Å²) in [6.07, 6.45) is 0. The van der Waals surface area contributed by atoms with E-state index in [9.17, 15) is 0 Å². The Morgan fingerprint density at radius 1 is 0.600 bits per heavy atom. The molecule has 0 aromatic heterocycles. The predicted molar refractivity (Wildman–Crippen MR) is 80.0 cm³/mol. The summed E-state index contributed by atoms with van der Waals surface area (Å²) >= 11 is 0. The molecule has 114 valence electrons. The summed E-state index contributed by atoms with van der Waals surface area (Å²) in [5.74, 6) is 0. The summed E-state index contributed by atoms with van der Waals surface area (Å²) in [5, 5.41) is 2.52. The number of aryl methyl sites for hydroxylation is 2. The summed E-state index contributed by atoms with van der Waals surface area (Å²) in [5.41, 5.74) is 5.34. The van der Waals surface area contributed by atoms with Gasteiger partial charge in [0.1, 0.15) is 0 Å². The molecule has 0 aliphatic carbocycles. The molecule has 0 spiro atoms. The summed E-state index contributed by atoms with van der Waals surface area (Å²) in [4.78, 5) is 0. The van der Waals surface area contributed by atoms with E-state index in [4.69, 9.17) is 0 Å². The molecule has 0 aliphatic heterocycles. The molecule has 2 aromatic carbocycles. The normalized spacial score (nSPS) is 8.40. The number of hydrogen-bond acceptors (Lipinski definition) is 0. The van der Waals surface area contributed by atoms with E-state index in [1.165, 1.54) is 32.9 Å². The second-order valence-corrected chi connectivity index (χ2v) is 5.32. The minimum atomic E-state index is 0. The number of rotatable bonds is 1. The zero-order chi connectivity index (χ0) is 11.7. The van der Waals surface area contributed by atoms with Gasteiger partial charge in [-0.25, -0.2) is 0 Å². The first-order valence-electron chi connectivity index (χ1n) is 5.32. The van der Waals surface area contributed by atoms with Crippen LogP contribution in [0.5, 0.6) is 0 Å². The molecule has 6 heteroatoms. The van der Waals surface area contributed by atoms with Crippen molar-refractivity contribution in [1.29, 1.82) is 0 Å². The van der Waals surface area contributed by atoms with Crippen LogP contribution in [0.1, 0.15) is 11.1 Å². The van der Waals surface area contributed by atoms with Gasteiger partial charge in [-0.15, -0.1) is 18.5 Å². The number of benzene rings is 2. The van der Waals surface area contributed by atoms with Gasteiger partial charge < -0.3 is 0 Å². The second-order valence-electron chi connectivity index (χ2n) is 4.08. The molecule has 0 N–H and O–H groups in total. The van der Waals surface area contributed by atoms with Gasteiger partial charge >= 0.3 is 0 Å². The van der Waals surface area contributed by atoms with Gasteiger partial charge in [-0.2, -0.15) is 0 Å². The van der Waals surface area contributed by atoms with Crippen LogP contribution >= 0.6 is 18.5 Å². The summed E-state index contributed by atoms with van der Waals surface area (Å²) < 4.78 is 0. The van der Waals surface area contributed by atoms with Crippen LogP contribution in [-0.2, 0) is 0 Å². The molecule has 0 saturated heterocycles. The maximum Gasteiger partial charge on any atom is 0 e. The molecular formula is C14H16Ar4P2. The molecular weight excluding hydrogens is 390 g/mol. The van der Waals surface area contributed by atoms with E-state index in [2.05, 4.69) is 68.7 Å². The van der Waals surface area contributed by atoms with Crippen molar-refractivity contribution in [3.8, 4) is 11.1 Å². The Balaban J connectivity index is -0.000000722. The largest absolute Gasteiger partial charge is 0.105 e. The molecule has 20 heavy (non-hydrogen) atoms. The quantitative estimate of drug-likeness (QED) is 0.640. The minimum Gasteiger partial charge on any atom is -0.105 e. The van der Waals surface area contributed by atoms with E-state index in [-0.39, 0.29) is 151 Å². The smallest absolute Gasteiger partial charge is 0 e. The van der Waals surface area contributed by atoms with Crippen molar-refractivity contribution < 1.29 is 151 Å². The van der Waals surface area contributed by atoms with Crippen LogP contribution in [0.25, 0.3) is 11.1 Å². The molecule has 2 aromatic rings. The average molecular weight is 406 g/mol. The molecule has 0 nitrogen and oxygen atoms in total. The fourth-order valence-corrected chi connectivity index (χ4v) is 3.03. The van der Waals surface area contributed by atoms with Crippen molar-refractivity contribution in [2.45, 2.75) is 13.8 Å². The number of hydrogen-bond donors (Lipinski definition) is 0. The molecule has 0 heterocycles. The molecule has 2 atom stereocenters. The molecule has 0 bridgehead atoms. The van der Waals surface area contributed by atoms with E-state index in [0.29, 0.717) is 0 Å². The van der Waals surface area contributed by atoms with Crippen molar-refractivity contribution in [2.75, 3.05) is 0 Å². The van der Waals surface area contributed by atoms with Crippen LogP contribution in [0.4, 0.5) is 0 Å². The third-order valence-corrected chi connectivity index (χ3v) is 3.82. The van der Waals surface area contributed by atoms with Gasteiger partial charge in [0.15, 0.2) is 0 Å². The predicted octanol–water partition coefficient (Wildman–Crippen LogP) is 2.97. The molecule has 0 saturated carbocycles. The molecule has 0 amide bonds. The molecule has 2 rings (SSSR count). The van der Waals surface area contributed by atoms with Gasteiger partial charge in [0.25, 0.3) is 0 Å². The van der Waals surface area contributed by atoms with E-state index >= 15 is 0 Å². The third-order valence-electron chi connectivity index (χ3n) is 2.86. The van der Waals surface area contributed by atoms with E-state index in [1.54, 1.807) is 0 Å². The molecule has 2 unspecified atom stereocenters. The van der Waals surface area contributed by atoms with Gasteiger partial charge in [-0.05, 0) is 46.7 Å². The van der Waals surface area contributed by atoms with Crippen LogP contribution in [0.2, 0.25) is 0 Å². The van der Waals surface area contributed by atoms with Crippen LogP contribution in [0.15, 0.2) is 36.4 Å². The summed E-state index contributed by atoms with van der Waals surface area (Å²) in [6.45, 7) is 4.33. The topological polar surface area (TPSA) is 0 Å².